The van der Waals surface area contributed by atoms with Gasteiger partial charge in [0.1, 0.15) is 6.61 Å². The summed E-state index contributed by atoms with van der Waals surface area (Å²) in [5.41, 5.74) is 5.56. The smallest absolute Gasteiger partial charge is 0.416 e. The Labute approximate surface area is 148 Å². The van der Waals surface area contributed by atoms with Gasteiger partial charge in [0, 0.05) is 0 Å². The van der Waals surface area contributed by atoms with E-state index in [1.165, 1.54) is 16.0 Å². The Hall–Kier alpha value is -2.62. The molecule has 0 spiro atoms. The summed E-state index contributed by atoms with van der Waals surface area (Å²) >= 11 is 0. The summed E-state index contributed by atoms with van der Waals surface area (Å²) in [4.78, 5) is 26.2. The predicted octanol–water partition coefficient (Wildman–Crippen LogP) is 3.74. The molecule has 130 valence electrons. The van der Waals surface area contributed by atoms with Crippen molar-refractivity contribution in [1.82, 2.24) is 4.90 Å². The molecule has 0 radical (unpaired) electrons. The second kappa shape index (κ2) is 7.09. The molecule has 0 aromatic heterocycles. The van der Waals surface area contributed by atoms with E-state index in [0.717, 1.165) is 16.7 Å². The Morgan fingerprint density at radius 3 is 2.52 bits per heavy atom. The van der Waals surface area contributed by atoms with Crippen LogP contribution in [0, 0.1) is 20.8 Å². The second-order valence-electron chi connectivity index (χ2n) is 6.65. The van der Waals surface area contributed by atoms with Crippen molar-refractivity contribution in [2.75, 3.05) is 6.61 Å². The molecule has 0 saturated carbocycles. The number of carbonyl (C=O) groups is 2. The molecule has 0 N–H and O–H groups in total. The summed E-state index contributed by atoms with van der Waals surface area (Å²) in [6, 6.07) is 13.6. The number of imide groups is 1. The molecule has 25 heavy (non-hydrogen) atoms. The van der Waals surface area contributed by atoms with E-state index in [4.69, 9.17) is 4.74 Å². The lowest BCUT2D eigenvalue weighted by Gasteiger charge is -2.20. The second-order valence-corrected chi connectivity index (χ2v) is 6.65. The van der Waals surface area contributed by atoms with Crippen LogP contribution >= 0.6 is 0 Å². The van der Waals surface area contributed by atoms with Gasteiger partial charge in [-0.15, -0.1) is 0 Å². The van der Waals surface area contributed by atoms with Crippen LogP contribution in [0.25, 0.3) is 0 Å². The monoisotopic (exact) mass is 337 g/mol. The Kier molecular flexibility index (Phi) is 4.88. The molecule has 1 aliphatic rings. The first-order valence-corrected chi connectivity index (χ1v) is 8.55. The van der Waals surface area contributed by atoms with Gasteiger partial charge in [-0.3, -0.25) is 4.79 Å². The van der Waals surface area contributed by atoms with E-state index >= 15 is 0 Å². The molecule has 4 nitrogen and oxygen atoms in total. The third kappa shape index (κ3) is 3.58. The van der Waals surface area contributed by atoms with E-state index < -0.39 is 6.09 Å². The zero-order valence-corrected chi connectivity index (χ0v) is 14.9. The SMILES string of the molecule is Cc1ccc(CC(=O)N2C(=O)OC[C@@H]2Cc2ccccc2)c(C)c1C. The number of amides is 2. The zero-order chi connectivity index (χ0) is 18.0. The quantitative estimate of drug-likeness (QED) is 0.854. The van der Waals surface area contributed by atoms with Gasteiger partial charge in [0.05, 0.1) is 12.5 Å². The number of carbonyl (C=O) groups excluding carboxylic acids is 2. The summed E-state index contributed by atoms with van der Waals surface area (Å²) in [6.45, 7) is 6.39. The van der Waals surface area contributed by atoms with Crippen LogP contribution in [-0.2, 0) is 22.4 Å². The lowest BCUT2D eigenvalue weighted by molar-refractivity contribution is -0.128. The molecule has 2 amide bonds. The molecule has 1 aliphatic heterocycles. The average molecular weight is 337 g/mol. The van der Waals surface area contributed by atoms with Gasteiger partial charge in [-0.25, -0.2) is 9.69 Å². The van der Waals surface area contributed by atoms with Gasteiger partial charge >= 0.3 is 6.09 Å². The van der Waals surface area contributed by atoms with Crippen molar-refractivity contribution in [1.29, 1.82) is 0 Å². The number of hydrogen-bond donors (Lipinski definition) is 0. The van der Waals surface area contributed by atoms with Gasteiger partial charge in [-0.2, -0.15) is 0 Å². The maximum Gasteiger partial charge on any atom is 0.416 e. The molecule has 2 aromatic carbocycles. The molecular weight excluding hydrogens is 314 g/mol. The lowest BCUT2D eigenvalue weighted by atomic mass is 9.96. The standard InChI is InChI=1S/C21H23NO3/c1-14-9-10-18(16(3)15(14)2)12-20(23)22-19(13-25-21(22)24)11-17-7-5-4-6-8-17/h4-10,19H,11-13H2,1-3H3/t19-/m0/s1. The van der Waals surface area contributed by atoms with E-state index in [1.54, 1.807) is 0 Å². The van der Waals surface area contributed by atoms with Gasteiger partial charge in [0.15, 0.2) is 0 Å². The highest BCUT2D eigenvalue weighted by Gasteiger charge is 2.37. The summed E-state index contributed by atoms with van der Waals surface area (Å²) in [5.74, 6) is -0.199. The average Bonchev–Trinajstić information content (AvgIpc) is 2.97. The minimum atomic E-state index is -0.535. The normalized spacial score (nSPS) is 16.8. The predicted molar refractivity (Wildman–Crippen MR) is 96.5 cm³/mol. The summed E-state index contributed by atoms with van der Waals surface area (Å²) in [7, 11) is 0. The minimum absolute atomic E-state index is 0.199. The van der Waals surface area contributed by atoms with Crippen molar-refractivity contribution >= 4 is 12.0 Å². The molecule has 1 fully saturated rings. The Bertz CT molecular complexity index is 798. The number of hydrogen-bond acceptors (Lipinski definition) is 3. The van der Waals surface area contributed by atoms with Crippen molar-refractivity contribution < 1.29 is 14.3 Å². The van der Waals surface area contributed by atoms with E-state index in [0.29, 0.717) is 6.42 Å². The number of benzene rings is 2. The zero-order valence-electron chi connectivity index (χ0n) is 14.9. The van der Waals surface area contributed by atoms with Gasteiger partial charge in [0.25, 0.3) is 0 Å². The van der Waals surface area contributed by atoms with Crippen molar-refractivity contribution in [3.05, 3.63) is 70.3 Å². The lowest BCUT2D eigenvalue weighted by Crippen LogP contribution is -2.41. The molecule has 2 aromatic rings. The first-order valence-electron chi connectivity index (χ1n) is 8.55. The molecule has 0 bridgehead atoms. The Morgan fingerprint density at radius 1 is 1.08 bits per heavy atom. The maximum atomic E-state index is 12.8. The maximum absolute atomic E-state index is 12.8. The molecular formula is C21H23NO3. The third-order valence-corrected chi connectivity index (χ3v) is 5.06. The largest absolute Gasteiger partial charge is 0.447 e. The van der Waals surface area contributed by atoms with E-state index in [-0.39, 0.29) is 25.0 Å². The van der Waals surface area contributed by atoms with Crippen molar-refractivity contribution in [2.45, 2.75) is 39.7 Å². The van der Waals surface area contributed by atoms with Crippen LogP contribution in [0.2, 0.25) is 0 Å². The number of nitrogens with zero attached hydrogens (tertiary/aromatic N) is 1. The fourth-order valence-corrected chi connectivity index (χ4v) is 3.25. The van der Waals surface area contributed by atoms with Crippen LogP contribution in [0.3, 0.4) is 0 Å². The number of cyclic esters (lactones) is 1. The van der Waals surface area contributed by atoms with Crippen molar-refractivity contribution in [3.63, 3.8) is 0 Å². The molecule has 1 heterocycles. The van der Waals surface area contributed by atoms with Gasteiger partial charge in [0.2, 0.25) is 5.91 Å². The minimum Gasteiger partial charge on any atom is -0.447 e. The Morgan fingerprint density at radius 2 is 1.80 bits per heavy atom. The van der Waals surface area contributed by atoms with Crippen LogP contribution in [0.5, 0.6) is 0 Å². The topological polar surface area (TPSA) is 46.6 Å². The first-order chi connectivity index (χ1) is 12.0. The van der Waals surface area contributed by atoms with Gasteiger partial charge in [-0.05, 0) is 55.0 Å². The third-order valence-electron chi connectivity index (χ3n) is 5.06. The molecule has 0 unspecified atom stereocenters. The van der Waals surface area contributed by atoms with Crippen LogP contribution in [0.1, 0.15) is 27.8 Å². The first kappa shape index (κ1) is 17.2. The summed E-state index contributed by atoms with van der Waals surface area (Å²) in [5, 5.41) is 0. The van der Waals surface area contributed by atoms with Crippen LogP contribution in [0.15, 0.2) is 42.5 Å². The number of rotatable bonds is 4. The van der Waals surface area contributed by atoms with Gasteiger partial charge in [-0.1, -0.05) is 42.5 Å². The number of ether oxygens (including phenoxy) is 1. The van der Waals surface area contributed by atoms with E-state index in [9.17, 15) is 9.59 Å². The fourth-order valence-electron chi connectivity index (χ4n) is 3.25. The highest BCUT2D eigenvalue weighted by Crippen LogP contribution is 2.22. The highest BCUT2D eigenvalue weighted by molar-refractivity contribution is 5.94. The van der Waals surface area contributed by atoms with E-state index in [2.05, 4.69) is 13.8 Å². The Balaban J connectivity index is 1.77. The highest BCUT2D eigenvalue weighted by atomic mass is 16.6. The van der Waals surface area contributed by atoms with E-state index in [1.807, 2.05) is 49.4 Å². The molecule has 1 saturated heterocycles. The summed E-state index contributed by atoms with van der Waals surface area (Å²) in [6.07, 6.45) is 0.296. The molecule has 0 aliphatic carbocycles. The molecule has 1 atom stereocenters. The van der Waals surface area contributed by atoms with Crippen molar-refractivity contribution in [3.8, 4) is 0 Å². The summed E-state index contributed by atoms with van der Waals surface area (Å²) < 4.78 is 5.15. The van der Waals surface area contributed by atoms with Gasteiger partial charge < -0.3 is 4.74 Å². The molecule has 4 heteroatoms. The van der Waals surface area contributed by atoms with Crippen molar-refractivity contribution in [2.24, 2.45) is 0 Å². The fraction of sp³-hybridized carbons (Fsp3) is 0.333. The van der Waals surface area contributed by atoms with Crippen LogP contribution in [0.4, 0.5) is 4.79 Å². The van der Waals surface area contributed by atoms with Crippen LogP contribution < -0.4 is 0 Å². The number of aryl methyl sites for hydroxylation is 1. The van der Waals surface area contributed by atoms with Crippen LogP contribution in [-0.4, -0.2) is 29.5 Å². The molecule has 3 rings (SSSR count).